The molecular formula is C26H30ClN3O5. The largest absolute Gasteiger partial charge is 0.383 e. The summed E-state index contributed by atoms with van der Waals surface area (Å²) in [5.74, 6) is -0.620. The molecule has 9 heteroatoms. The van der Waals surface area contributed by atoms with Gasteiger partial charge in [0, 0.05) is 55.7 Å². The normalized spacial score (nSPS) is 19.1. The van der Waals surface area contributed by atoms with Gasteiger partial charge in [-0.25, -0.2) is 0 Å². The van der Waals surface area contributed by atoms with Crippen LogP contribution in [0.25, 0.3) is 0 Å². The van der Waals surface area contributed by atoms with Crippen LogP contribution < -0.4 is 5.32 Å². The van der Waals surface area contributed by atoms with E-state index in [0.717, 1.165) is 5.56 Å². The Bertz CT molecular complexity index is 1080. The van der Waals surface area contributed by atoms with Crippen LogP contribution in [0.5, 0.6) is 0 Å². The summed E-state index contributed by atoms with van der Waals surface area (Å²) in [5.41, 5.74) is 0.959. The molecule has 0 unspecified atom stereocenters. The van der Waals surface area contributed by atoms with E-state index in [1.165, 1.54) is 0 Å². The average molecular weight is 500 g/mol. The van der Waals surface area contributed by atoms with Crippen molar-refractivity contribution in [3.8, 4) is 0 Å². The fourth-order valence-corrected chi connectivity index (χ4v) is 4.86. The number of nitrogens with one attached hydrogen (secondary N) is 1. The van der Waals surface area contributed by atoms with Gasteiger partial charge in [-0.2, -0.15) is 0 Å². The minimum atomic E-state index is -0.959. The second-order valence-electron chi connectivity index (χ2n) is 8.85. The summed E-state index contributed by atoms with van der Waals surface area (Å²) >= 11 is 5.95. The van der Waals surface area contributed by atoms with Gasteiger partial charge in [-0.3, -0.25) is 19.3 Å². The van der Waals surface area contributed by atoms with Gasteiger partial charge < -0.3 is 19.7 Å². The van der Waals surface area contributed by atoms with E-state index in [4.69, 9.17) is 21.1 Å². The van der Waals surface area contributed by atoms with Crippen molar-refractivity contribution in [2.75, 3.05) is 40.0 Å². The molecule has 1 atom stereocenters. The number of piperidine rings is 1. The zero-order valence-electron chi connectivity index (χ0n) is 20.0. The fourth-order valence-electron chi connectivity index (χ4n) is 4.74. The maximum atomic E-state index is 13.8. The van der Waals surface area contributed by atoms with Crippen molar-refractivity contribution in [3.05, 3.63) is 70.2 Å². The van der Waals surface area contributed by atoms with Crippen LogP contribution in [0.1, 0.15) is 39.1 Å². The monoisotopic (exact) mass is 499 g/mol. The molecule has 3 amide bonds. The van der Waals surface area contributed by atoms with Gasteiger partial charge in [0.15, 0.2) is 0 Å². The molecule has 4 rings (SSSR count). The third-order valence-electron chi connectivity index (χ3n) is 6.69. The van der Waals surface area contributed by atoms with Gasteiger partial charge in [-0.15, -0.1) is 0 Å². The molecule has 0 bridgehead atoms. The molecule has 2 fully saturated rings. The van der Waals surface area contributed by atoms with Gasteiger partial charge in [-0.1, -0.05) is 29.8 Å². The van der Waals surface area contributed by atoms with Gasteiger partial charge in [-0.05, 0) is 42.8 Å². The molecule has 0 aliphatic carbocycles. The van der Waals surface area contributed by atoms with Crippen molar-refractivity contribution in [3.63, 3.8) is 0 Å². The SMILES string of the molecule is COCCNC(=O)[C@@H]1COC2(CCN(C(=O)c3ccc(Cl)cc3)CC2)N1C(=O)c1ccccc1C. The Morgan fingerprint density at radius 3 is 2.43 bits per heavy atom. The number of nitrogens with zero attached hydrogens (tertiary/aromatic N) is 2. The van der Waals surface area contributed by atoms with Crippen molar-refractivity contribution in [2.45, 2.75) is 31.5 Å². The Balaban J connectivity index is 1.56. The Kier molecular flexibility index (Phi) is 7.74. The number of aryl methyl sites for hydroxylation is 1. The minimum Gasteiger partial charge on any atom is -0.383 e. The fraction of sp³-hybridized carbons (Fsp3) is 0.423. The third kappa shape index (κ3) is 5.19. The van der Waals surface area contributed by atoms with Crippen molar-refractivity contribution >= 4 is 29.3 Å². The summed E-state index contributed by atoms with van der Waals surface area (Å²) in [7, 11) is 1.56. The quantitative estimate of drug-likeness (QED) is 0.617. The number of ether oxygens (including phenoxy) is 2. The first-order chi connectivity index (χ1) is 16.9. The van der Waals surface area contributed by atoms with E-state index < -0.39 is 11.8 Å². The lowest BCUT2D eigenvalue weighted by atomic mass is 9.95. The molecule has 2 aromatic rings. The molecule has 2 aliphatic rings. The molecule has 2 aliphatic heterocycles. The average Bonchev–Trinajstić information content (AvgIpc) is 3.23. The Morgan fingerprint density at radius 2 is 1.77 bits per heavy atom. The van der Waals surface area contributed by atoms with Gasteiger partial charge in [0.2, 0.25) is 5.91 Å². The molecule has 0 saturated carbocycles. The van der Waals surface area contributed by atoms with Crippen molar-refractivity contribution in [2.24, 2.45) is 0 Å². The van der Waals surface area contributed by atoms with Crippen LogP contribution in [0, 0.1) is 6.92 Å². The standard InChI is InChI=1S/C26H30ClN3O5/c1-18-5-3-4-6-21(18)25(33)30-22(23(31)28-13-16-34-2)17-35-26(30)11-14-29(15-12-26)24(32)19-7-9-20(27)10-8-19/h3-10,22H,11-17H2,1-2H3,(H,28,31)/t22-/m0/s1. The first-order valence-electron chi connectivity index (χ1n) is 11.7. The lowest BCUT2D eigenvalue weighted by Gasteiger charge is -2.44. The van der Waals surface area contributed by atoms with E-state index in [2.05, 4.69) is 5.32 Å². The summed E-state index contributed by atoms with van der Waals surface area (Å²) in [6.45, 7) is 3.49. The van der Waals surface area contributed by atoms with E-state index in [0.29, 0.717) is 55.2 Å². The zero-order valence-corrected chi connectivity index (χ0v) is 20.7. The summed E-state index contributed by atoms with van der Waals surface area (Å²) in [5, 5.41) is 3.41. The van der Waals surface area contributed by atoms with Gasteiger partial charge in [0.1, 0.15) is 11.8 Å². The minimum absolute atomic E-state index is 0.0971. The van der Waals surface area contributed by atoms with Crippen molar-refractivity contribution < 1.29 is 23.9 Å². The number of halogens is 1. The van der Waals surface area contributed by atoms with Crippen LogP contribution in [-0.2, 0) is 14.3 Å². The number of hydrogen-bond acceptors (Lipinski definition) is 5. The second kappa shape index (κ2) is 10.8. The Hall–Kier alpha value is -2.94. The highest BCUT2D eigenvalue weighted by Gasteiger charge is 2.54. The topological polar surface area (TPSA) is 88.2 Å². The van der Waals surface area contributed by atoms with E-state index in [-0.39, 0.29) is 24.3 Å². The molecule has 2 aromatic carbocycles. The van der Waals surface area contributed by atoms with Crippen LogP contribution in [-0.4, -0.2) is 79.2 Å². The van der Waals surface area contributed by atoms with Crippen LogP contribution >= 0.6 is 11.6 Å². The lowest BCUT2D eigenvalue weighted by molar-refractivity contribution is -0.128. The number of hydrogen-bond donors (Lipinski definition) is 1. The summed E-state index contributed by atoms with van der Waals surface area (Å²) in [4.78, 5) is 43.2. The van der Waals surface area contributed by atoms with Crippen molar-refractivity contribution in [1.29, 1.82) is 0 Å². The highest BCUT2D eigenvalue weighted by molar-refractivity contribution is 6.30. The Morgan fingerprint density at radius 1 is 1.09 bits per heavy atom. The highest BCUT2D eigenvalue weighted by atomic mass is 35.5. The first-order valence-corrected chi connectivity index (χ1v) is 12.1. The molecule has 0 radical (unpaired) electrons. The molecule has 8 nitrogen and oxygen atoms in total. The number of methoxy groups -OCH3 is 1. The molecule has 186 valence electrons. The second-order valence-corrected chi connectivity index (χ2v) is 9.28. The maximum absolute atomic E-state index is 13.8. The number of likely N-dealkylation sites (tertiary alicyclic amines) is 1. The molecule has 1 spiro atoms. The molecule has 1 N–H and O–H groups in total. The molecule has 2 saturated heterocycles. The number of carbonyl (C=O) groups excluding carboxylic acids is 3. The van der Waals surface area contributed by atoms with Gasteiger partial charge >= 0.3 is 0 Å². The molecule has 2 heterocycles. The van der Waals surface area contributed by atoms with Crippen LogP contribution in [0.2, 0.25) is 5.02 Å². The van der Waals surface area contributed by atoms with Crippen molar-refractivity contribution in [1.82, 2.24) is 15.1 Å². The first kappa shape index (κ1) is 25.2. The summed E-state index contributed by atoms with van der Waals surface area (Å²) in [6, 6.07) is 13.3. The maximum Gasteiger partial charge on any atom is 0.257 e. The van der Waals surface area contributed by atoms with Crippen LogP contribution in [0.3, 0.4) is 0 Å². The Labute approximate surface area is 210 Å². The smallest absolute Gasteiger partial charge is 0.257 e. The van der Waals surface area contributed by atoms with E-state index in [1.807, 2.05) is 25.1 Å². The van der Waals surface area contributed by atoms with Crippen LogP contribution in [0.15, 0.2) is 48.5 Å². The predicted molar refractivity (Wildman–Crippen MR) is 131 cm³/mol. The number of rotatable bonds is 6. The third-order valence-corrected chi connectivity index (χ3v) is 6.94. The van der Waals surface area contributed by atoms with Crippen LogP contribution in [0.4, 0.5) is 0 Å². The molecule has 0 aromatic heterocycles. The summed E-state index contributed by atoms with van der Waals surface area (Å²) < 4.78 is 11.3. The van der Waals surface area contributed by atoms with E-state index >= 15 is 0 Å². The highest BCUT2D eigenvalue weighted by Crippen LogP contribution is 2.39. The predicted octanol–water partition coefficient (Wildman–Crippen LogP) is 2.88. The zero-order chi connectivity index (χ0) is 25.0. The van der Waals surface area contributed by atoms with Gasteiger partial charge in [0.25, 0.3) is 11.8 Å². The number of carbonyl (C=O) groups is 3. The summed E-state index contributed by atoms with van der Waals surface area (Å²) in [6.07, 6.45) is 0.817. The van der Waals surface area contributed by atoms with E-state index in [1.54, 1.807) is 47.2 Å². The number of benzene rings is 2. The lowest BCUT2D eigenvalue weighted by Crippen LogP contribution is -2.60. The van der Waals surface area contributed by atoms with E-state index in [9.17, 15) is 14.4 Å². The number of amides is 3. The molecule has 35 heavy (non-hydrogen) atoms. The van der Waals surface area contributed by atoms with Gasteiger partial charge in [0.05, 0.1) is 13.2 Å². The molecular weight excluding hydrogens is 470 g/mol.